The number of carbonyl (C=O) groups is 1. The number of nitrogens with two attached hydrogens (primary N) is 1. The Hall–Kier alpha value is -2.59. The van der Waals surface area contributed by atoms with Crippen molar-refractivity contribution in [2.75, 3.05) is 10.3 Å². The molecule has 1 aliphatic rings. The summed E-state index contributed by atoms with van der Waals surface area (Å²) in [6.07, 6.45) is 0.151. The standard InChI is InChI=1S/C11H10N6O3S/c12-13-11-15-14-9(21-11)5-16-8-2-1-7(17(19)20)3-6(8)4-10(16)18/h1-3H,4-5,12H2,(H,13,15). The molecule has 0 aliphatic carbocycles. The third-order valence-electron chi connectivity index (χ3n) is 3.09. The number of benzene rings is 1. The highest BCUT2D eigenvalue weighted by atomic mass is 32.1. The van der Waals surface area contributed by atoms with Gasteiger partial charge in [0, 0.05) is 17.8 Å². The summed E-state index contributed by atoms with van der Waals surface area (Å²) in [4.78, 5) is 23.9. The second-order valence-corrected chi connectivity index (χ2v) is 5.43. The summed E-state index contributed by atoms with van der Waals surface area (Å²) in [7, 11) is 0. The van der Waals surface area contributed by atoms with Crippen molar-refractivity contribution in [3.8, 4) is 0 Å². The van der Waals surface area contributed by atoms with Gasteiger partial charge in [-0.25, -0.2) is 5.84 Å². The number of non-ortho nitro benzene ring substituents is 1. The molecule has 2 heterocycles. The van der Waals surface area contributed by atoms with Gasteiger partial charge in [0.05, 0.1) is 17.9 Å². The highest BCUT2D eigenvalue weighted by Crippen LogP contribution is 2.33. The number of nitrogen functional groups attached to an aromatic ring is 1. The normalized spacial score (nSPS) is 13.4. The maximum atomic E-state index is 12.1. The van der Waals surface area contributed by atoms with Crippen LogP contribution in [0.3, 0.4) is 0 Å². The molecule has 1 aliphatic heterocycles. The van der Waals surface area contributed by atoms with E-state index in [9.17, 15) is 14.9 Å². The average Bonchev–Trinajstić information content (AvgIpc) is 3.04. The topological polar surface area (TPSA) is 127 Å². The molecule has 0 radical (unpaired) electrons. The predicted molar refractivity (Wildman–Crippen MR) is 75.7 cm³/mol. The summed E-state index contributed by atoms with van der Waals surface area (Å²) in [5.74, 6) is 5.11. The van der Waals surface area contributed by atoms with Gasteiger partial charge in [0.25, 0.3) is 5.69 Å². The third kappa shape index (κ3) is 2.41. The molecule has 10 heteroatoms. The van der Waals surface area contributed by atoms with Crippen LogP contribution in [0.4, 0.5) is 16.5 Å². The number of rotatable bonds is 4. The molecule has 0 atom stereocenters. The first-order valence-corrected chi connectivity index (χ1v) is 6.77. The van der Waals surface area contributed by atoms with Crippen molar-refractivity contribution in [1.82, 2.24) is 10.2 Å². The van der Waals surface area contributed by atoms with Crippen LogP contribution in [0.1, 0.15) is 10.6 Å². The van der Waals surface area contributed by atoms with E-state index in [-0.39, 0.29) is 24.6 Å². The molecule has 0 fully saturated rings. The Kier molecular flexibility index (Phi) is 3.23. The minimum atomic E-state index is -0.475. The molecule has 0 saturated carbocycles. The van der Waals surface area contributed by atoms with Gasteiger partial charge in [-0.2, -0.15) is 0 Å². The molecule has 0 spiro atoms. The van der Waals surface area contributed by atoms with Crippen LogP contribution in [-0.4, -0.2) is 21.0 Å². The number of hydrogen-bond donors (Lipinski definition) is 2. The maximum Gasteiger partial charge on any atom is 0.269 e. The zero-order chi connectivity index (χ0) is 15.0. The maximum absolute atomic E-state index is 12.1. The fraction of sp³-hybridized carbons (Fsp3) is 0.182. The van der Waals surface area contributed by atoms with Crippen LogP contribution in [0.5, 0.6) is 0 Å². The quantitative estimate of drug-likeness (QED) is 0.486. The van der Waals surface area contributed by atoms with Crippen molar-refractivity contribution < 1.29 is 9.72 Å². The number of aromatic nitrogens is 2. The first-order valence-electron chi connectivity index (χ1n) is 5.95. The minimum absolute atomic E-state index is 0.0195. The first kappa shape index (κ1) is 13.4. The van der Waals surface area contributed by atoms with Crippen molar-refractivity contribution in [3.05, 3.63) is 38.9 Å². The monoisotopic (exact) mass is 306 g/mol. The Morgan fingerprint density at radius 2 is 2.29 bits per heavy atom. The Bertz CT molecular complexity index is 730. The predicted octanol–water partition coefficient (Wildman–Crippen LogP) is 0.821. The molecular weight excluding hydrogens is 296 g/mol. The van der Waals surface area contributed by atoms with E-state index in [0.29, 0.717) is 21.4 Å². The summed E-state index contributed by atoms with van der Waals surface area (Å²) in [6.45, 7) is 0.267. The molecular formula is C11H10N6O3S. The van der Waals surface area contributed by atoms with E-state index in [1.807, 2.05) is 0 Å². The lowest BCUT2D eigenvalue weighted by atomic mass is 10.1. The fourth-order valence-corrected chi connectivity index (χ4v) is 2.81. The van der Waals surface area contributed by atoms with Crippen molar-refractivity contribution in [2.45, 2.75) is 13.0 Å². The Balaban J connectivity index is 1.88. The average molecular weight is 306 g/mol. The highest BCUT2D eigenvalue weighted by molar-refractivity contribution is 7.15. The lowest BCUT2D eigenvalue weighted by Gasteiger charge is -2.15. The molecule has 1 amide bonds. The van der Waals surface area contributed by atoms with Gasteiger partial charge in [-0.3, -0.25) is 20.3 Å². The summed E-state index contributed by atoms with van der Waals surface area (Å²) >= 11 is 1.24. The number of hydrazine groups is 1. The lowest BCUT2D eigenvalue weighted by molar-refractivity contribution is -0.384. The first-order chi connectivity index (χ1) is 10.1. The molecule has 0 bridgehead atoms. The van der Waals surface area contributed by atoms with E-state index in [1.54, 1.807) is 11.0 Å². The largest absolute Gasteiger partial charge is 0.305 e. The number of fused-ring (bicyclic) bond motifs is 1. The molecule has 0 saturated heterocycles. The number of carbonyl (C=O) groups excluding carboxylic acids is 1. The molecule has 3 rings (SSSR count). The van der Waals surface area contributed by atoms with Gasteiger partial charge in [0.2, 0.25) is 11.0 Å². The highest BCUT2D eigenvalue weighted by Gasteiger charge is 2.29. The van der Waals surface area contributed by atoms with Crippen LogP contribution in [0, 0.1) is 10.1 Å². The van der Waals surface area contributed by atoms with Crippen LogP contribution < -0.4 is 16.2 Å². The Morgan fingerprint density at radius 1 is 1.48 bits per heavy atom. The number of anilines is 2. The fourth-order valence-electron chi connectivity index (χ4n) is 2.17. The SMILES string of the molecule is NNc1nnc(CN2C(=O)Cc3cc([N+](=O)[O-])ccc32)s1. The summed E-state index contributed by atoms with van der Waals surface area (Å²) in [5, 5.41) is 19.6. The van der Waals surface area contributed by atoms with E-state index >= 15 is 0 Å². The molecule has 1 aromatic heterocycles. The number of nitro benzene ring substituents is 1. The van der Waals surface area contributed by atoms with Gasteiger partial charge in [-0.15, -0.1) is 10.2 Å². The van der Waals surface area contributed by atoms with E-state index in [4.69, 9.17) is 5.84 Å². The van der Waals surface area contributed by atoms with Gasteiger partial charge < -0.3 is 4.90 Å². The molecule has 108 valence electrons. The number of hydrogen-bond acceptors (Lipinski definition) is 8. The number of nitro groups is 1. The molecule has 3 N–H and O–H groups in total. The van der Waals surface area contributed by atoms with Gasteiger partial charge in [-0.1, -0.05) is 11.3 Å². The smallest absolute Gasteiger partial charge is 0.269 e. The third-order valence-corrected chi connectivity index (χ3v) is 3.93. The van der Waals surface area contributed by atoms with Gasteiger partial charge >= 0.3 is 0 Å². The number of nitrogens with one attached hydrogen (secondary N) is 1. The van der Waals surface area contributed by atoms with Crippen LogP contribution in [0.15, 0.2) is 18.2 Å². The van der Waals surface area contributed by atoms with Crippen molar-refractivity contribution >= 4 is 33.8 Å². The van der Waals surface area contributed by atoms with Crippen LogP contribution in [-0.2, 0) is 17.8 Å². The summed E-state index contributed by atoms with van der Waals surface area (Å²) in [5.41, 5.74) is 3.69. The molecule has 0 unspecified atom stereocenters. The van der Waals surface area contributed by atoms with Crippen molar-refractivity contribution in [1.29, 1.82) is 0 Å². The number of nitrogens with zero attached hydrogens (tertiary/aromatic N) is 4. The molecule has 1 aromatic carbocycles. The zero-order valence-corrected chi connectivity index (χ0v) is 11.5. The number of amides is 1. The molecule has 9 nitrogen and oxygen atoms in total. The van der Waals surface area contributed by atoms with E-state index in [1.165, 1.54) is 23.5 Å². The van der Waals surface area contributed by atoms with Crippen molar-refractivity contribution in [2.24, 2.45) is 5.84 Å². The molecule has 2 aromatic rings. The Morgan fingerprint density at radius 3 is 2.95 bits per heavy atom. The van der Waals surface area contributed by atoms with Crippen LogP contribution in [0.25, 0.3) is 0 Å². The Labute approximate surface area is 122 Å². The van der Waals surface area contributed by atoms with Crippen LogP contribution >= 0.6 is 11.3 Å². The van der Waals surface area contributed by atoms with Gasteiger partial charge in [0.1, 0.15) is 5.01 Å². The van der Waals surface area contributed by atoms with E-state index < -0.39 is 4.92 Å². The molecule has 21 heavy (non-hydrogen) atoms. The van der Waals surface area contributed by atoms with Crippen molar-refractivity contribution in [3.63, 3.8) is 0 Å². The van der Waals surface area contributed by atoms with E-state index in [2.05, 4.69) is 15.6 Å². The lowest BCUT2D eigenvalue weighted by Crippen LogP contribution is -2.25. The second-order valence-electron chi connectivity index (χ2n) is 4.37. The second kappa shape index (κ2) is 5.07. The summed E-state index contributed by atoms with van der Waals surface area (Å²) in [6, 6.07) is 4.40. The van der Waals surface area contributed by atoms with E-state index in [0.717, 1.165) is 0 Å². The summed E-state index contributed by atoms with van der Waals surface area (Å²) < 4.78 is 0. The van der Waals surface area contributed by atoms with Gasteiger partial charge in [-0.05, 0) is 11.6 Å². The van der Waals surface area contributed by atoms with Gasteiger partial charge in [0.15, 0.2) is 0 Å². The zero-order valence-electron chi connectivity index (χ0n) is 10.6. The van der Waals surface area contributed by atoms with Crippen LogP contribution in [0.2, 0.25) is 0 Å². The minimum Gasteiger partial charge on any atom is -0.305 e.